The summed E-state index contributed by atoms with van der Waals surface area (Å²) in [6.45, 7) is 4.55. The highest BCUT2D eigenvalue weighted by Gasteiger charge is 2.20. The molecule has 2 aromatic carbocycles. The minimum atomic E-state index is -0.205. The number of methoxy groups -OCH3 is 2. The highest BCUT2D eigenvalue weighted by molar-refractivity contribution is 6.15. The van der Waals surface area contributed by atoms with Gasteiger partial charge in [0.25, 0.3) is 5.56 Å². The molecule has 0 amide bonds. The predicted molar refractivity (Wildman–Crippen MR) is 121 cm³/mol. The third-order valence-corrected chi connectivity index (χ3v) is 5.64. The molecule has 6 heteroatoms. The lowest BCUT2D eigenvalue weighted by atomic mass is 9.94. The first-order valence-electron chi connectivity index (χ1n) is 9.87. The standard InChI is InChI=1S/C24H25N3O3/c1-13(12-25)15-8-10-16(11-9-15)19-21-17-6-5-7-18(29-3)20(17)23(28)27-22(21)14(2)26-24(19)30-4/h5-11,13H,12,25H2,1-4H3,(H,27,28). The van der Waals surface area contributed by atoms with Crippen molar-refractivity contribution >= 4 is 21.7 Å². The summed E-state index contributed by atoms with van der Waals surface area (Å²) in [7, 11) is 3.17. The zero-order valence-electron chi connectivity index (χ0n) is 17.6. The van der Waals surface area contributed by atoms with E-state index >= 15 is 0 Å². The fraction of sp³-hybridized carbons (Fsp3) is 0.250. The molecule has 0 saturated heterocycles. The average molecular weight is 403 g/mol. The van der Waals surface area contributed by atoms with Crippen molar-refractivity contribution in [3.05, 3.63) is 64.1 Å². The molecule has 0 radical (unpaired) electrons. The summed E-state index contributed by atoms with van der Waals surface area (Å²) < 4.78 is 11.1. The number of nitrogens with two attached hydrogens (primary N) is 1. The maximum atomic E-state index is 12.9. The number of benzene rings is 2. The maximum Gasteiger partial charge on any atom is 0.260 e. The Morgan fingerprint density at radius 3 is 2.43 bits per heavy atom. The van der Waals surface area contributed by atoms with E-state index in [1.165, 1.54) is 5.56 Å². The highest BCUT2D eigenvalue weighted by atomic mass is 16.5. The summed E-state index contributed by atoms with van der Waals surface area (Å²) in [4.78, 5) is 20.5. The summed E-state index contributed by atoms with van der Waals surface area (Å²) >= 11 is 0. The minimum absolute atomic E-state index is 0.205. The topological polar surface area (TPSA) is 90.2 Å². The summed E-state index contributed by atoms with van der Waals surface area (Å²) in [5, 5.41) is 2.19. The molecule has 0 spiro atoms. The molecule has 0 aliphatic heterocycles. The molecule has 4 rings (SSSR count). The monoisotopic (exact) mass is 403 g/mol. The van der Waals surface area contributed by atoms with Crippen LogP contribution in [-0.2, 0) is 0 Å². The Balaban J connectivity index is 2.14. The van der Waals surface area contributed by atoms with E-state index in [0.717, 1.165) is 21.9 Å². The molecule has 0 bridgehead atoms. The van der Waals surface area contributed by atoms with Crippen molar-refractivity contribution in [2.75, 3.05) is 20.8 Å². The second-order valence-corrected chi connectivity index (χ2v) is 7.43. The van der Waals surface area contributed by atoms with Crippen LogP contribution in [0.1, 0.15) is 24.1 Å². The molecule has 154 valence electrons. The molecule has 4 aromatic rings. The highest BCUT2D eigenvalue weighted by Crippen LogP contribution is 2.40. The van der Waals surface area contributed by atoms with Crippen LogP contribution in [-0.4, -0.2) is 30.7 Å². The second-order valence-electron chi connectivity index (χ2n) is 7.43. The number of hydrogen-bond acceptors (Lipinski definition) is 5. The van der Waals surface area contributed by atoms with Gasteiger partial charge < -0.3 is 20.2 Å². The number of nitrogens with zero attached hydrogens (tertiary/aromatic N) is 1. The summed E-state index contributed by atoms with van der Waals surface area (Å²) in [6.07, 6.45) is 0. The Morgan fingerprint density at radius 2 is 1.80 bits per heavy atom. The predicted octanol–water partition coefficient (Wildman–Crippen LogP) is 4.13. The van der Waals surface area contributed by atoms with E-state index in [-0.39, 0.29) is 11.5 Å². The second kappa shape index (κ2) is 7.80. The summed E-state index contributed by atoms with van der Waals surface area (Å²) in [5.41, 5.74) is 9.95. The number of rotatable bonds is 5. The van der Waals surface area contributed by atoms with Crippen LogP contribution in [0.4, 0.5) is 0 Å². The third kappa shape index (κ3) is 3.09. The number of ether oxygens (including phenoxy) is 2. The van der Waals surface area contributed by atoms with Gasteiger partial charge in [-0.05, 0) is 36.6 Å². The molecule has 2 aromatic heterocycles. The third-order valence-electron chi connectivity index (χ3n) is 5.64. The Hall–Kier alpha value is -3.38. The maximum absolute atomic E-state index is 12.9. The molecule has 0 aliphatic carbocycles. The molecule has 2 heterocycles. The molecule has 1 atom stereocenters. The quantitative estimate of drug-likeness (QED) is 0.489. The normalized spacial score (nSPS) is 12.3. The van der Waals surface area contributed by atoms with Crippen LogP contribution >= 0.6 is 0 Å². The minimum Gasteiger partial charge on any atom is -0.496 e. The number of aryl methyl sites for hydroxylation is 1. The Kier molecular flexibility index (Phi) is 5.18. The first kappa shape index (κ1) is 19.9. The van der Waals surface area contributed by atoms with E-state index in [1.807, 2.05) is 31.2 Å². The van der Waals surface area contributed by atoms with Crippen molar-refractivity contribution in [3.63, 3.8) is 0 Å². The largest absolute Gasteiger partial charge is 0.496 e. The summed E-state index contributed by atoms with van der Waals surface area (Å²) in [6, 6.07) is 13.9. The van der Waals surface area contributed by atoms with Crippen LogP contribution in [0.3, 0.4) is 0 Å². The van der Waals surface area contributed by atoms with Gasteiger partial charge in [-0.2, -0.15) is 0 Å². The fourth-order valence-corrected chi connectivity index (χ4v) is 3.95. The van der Waals surface area contributed by atoms with Gasteiger partial charge in [0.1, 0.15) is 5.75 Å². The lowest BCUT2D eigenvalue weighted by Crippen LogP contribution is -2.10. The molecular weight excluding hydrogens is 378 g/mol. The van der Waals surface area contributed by atoms with Gasteiger partial charge in [-0.15, -0.1) is 0 Å². The Labute approximate surface area is 174 Å². The van der Waals surface area contributed by atoms with Gasteiger partial charge in [-0.1, -0.05) is 43.3 Å². The van der Waals surface area contributed by atoms with Crippen molar-refractivity contribution < 1.29 is 9.47 Å². The van der Waals surface area contributed by atoms with Crippen LogP contribution in [0, 0.1) is 6.92 Å². The smallest absolute Gasteiger partial charge is 0.260 e. The lowest BCUT2D eigenvalue weighted by molar-refractivity contribution is 0.399. The van der Waals surface area contributed by atoms with Crippen LogP contribution in [0.5, 0.6) is 11.6 Å². The first-order chi connectivity index (χ1) is 14.5. The van der Waals surface area contributed by atoms with E-state index < -0.39 is 0 Å². The van der Waals surface area contributed by atoms with Crippen molar-refractivity contribution in [2.24, 2.45) is 5.73 Å². The number of aromatic amines is 1. The summed E-state index contributed by atoms with van der Waals surface area (Å²) in [5.74, 6) is 1.31. The molecule has 6 nitrogen and oxygen atoms in total. The molecule has 30 heavy (non-hydrogen) atoms. The Bertz CT molecular complexity index is 1290. The van der Waals surface area contributed by atoms with Crippen molar-refractivity contribution in [2.45, 2.75) is 19.8 Å². The van der Waals surface area contributed by atoms with Crippen molar-refractivity contribution in [1.82, 2.24) is 9.97 Å². The van der Waals surface area contributed by atoms with Gasteiger partial charge in [0.15, 0.2) is 0 Å². The molecule has 0 fully saturated rings. The molecule has 1 unspecified atom stereocenters. The first-order valence-corrected chi connectivity index (χ1v) is 9.87. The van der Waals surface area contributed by atoms with Gasteiger partial charge >= 0.3 is 0 Å². The van der Waals surface area contributed by atoms with E-state index in [4.69, 9.17) is 15.2 Å². The van der Waals surface area contributed by atoms with Gasteiger partial charge in [-0.3, -0.25) is 4.79 Å². The van der Waals surface area contributed by atoms with Gasteiger partial charge in [-0.25, -0.2) is 4.98 Å². The van der Waals surface area contributed by atoms with Gasteiger partial charge in [0.05, 0.1) is 36.4 Å². The number of aromatic nitrogens is 2. The van der Waals surface area contributed by atoms with E-state index in [9.17, 15) is 4.79 Å². The SMILES string of the molecule is COc1nc(C)c2[nH]c(=O)c3c(OC)cccc3c2c1-c1ccc(C(C)CN)cc1. The average Bonchev–Trinajstić information content (AvgIpc) is 2.78. The van der Waals surface area contributed by atoms with Gasteiger partial charge in [0.2, 0.25) is 5.88 Å². The number of hydrogen-bond donors (Lipinski definition) is 2. The molecular formula is C24H25N3O3. The zero-order chi connectivity index (χ0) is 21.4. The zero-order valence-corrected chi connectivity index (χ0v) is 17.6. The van der Waals surface area contributed by atoms with Crippen LogP contribution in [0.15, 0.2) is 47.3 Å². The number of fused-ring (bicyclic) bond motifs is 3. The fourth-order valence-electron chi connectivity index (χ4n) is 3.95. The van der Waals surface area contributed by atoms with Crippen molar-refractivity contribution in [1.29, 1.82) is 0 Å². The number of pyridine rings is 2. The number of H-pyrrole nitrogens is 1. The number of nitrogens with one attached hydrogen (secondary N) is 1. The van der Waals surface area contributed by atoms with E-state index in [2.05, 4.69) is 29.0 Å². The van der Waals surface area contributed by atoms with E-state index in [1.54, 1.807) is 20.3 Å². The van der Waals surface area contributed by atoms with E-state index in [0.29, 0.717) is 34.8 Å². The van der Waals surface area contributed by atoms with Crippen LogP contribution < -0.4 is 20.8 Å². The molecule has 3 N–H and O–H groups in total. The van der Waals surface area contributed by atoms with Crippen molar-refractivity contribution in [3.8, 4) is 22.8 Å². The Morgan fingerprint density at radius 1 is 1.07 bits per heavy atom. The molecule has 0 aliphatic rings. The molecule has 0 saturated carbocycles. The lowest BCUT2D eigenvalue weighted by Gasteiger charge is -2.17. The van der Waals surface area contributed by atoms with Gasteiger partial charge in [0, 0.05) is 10.8 Å². The van der Waals surface area contributed by atoms with Crippen LogP contribution in [0.25, 0.3) is 32.8 Å². The van der Waals surface area contributed by atoms with Crippen LogP contribution in [0.2, 0.25) is 0 Å².